The van der Waals surface area contributed by atoms with E-state index in [0.29, 0.717) is 15.4 Å². The van der Waals surface area contributed by atoms with E-state index < -0.39 is 0 Å². The van der Waals surface area contributed by atoms with Crippen LogP contribution in [0.4, 0.5) is 5.82 Å². The van der Waals surface area contributed by atoms with Gasteiger partial charge in [0.2, 0.25) is 0 Å². The molecule has 0 aliphatic heterocycles. The minimum atomic E-state index is -0.217. The second-order valence-electron chi connectivity index (χ2n) is 2.79. The Bertz CT molecular complexity index is 604. The summed E-state index contributed by atoms with van der Waals surface area (Å²) in [7, 11) is 0. The lowest BCUT2D eigenvalue weighted by molar-refractivity contribution is 1.05. The Morgan fingerprint density at radius 3 is 3.07 bits per heavy atom. The number of anilines is 1. The van der Waals surface area contributed by atoms with Gasteiger partial charge in [-0.1, -0.05) is 11.3 Å². The van der Waals surface area contributed by atoms with Crippen LogP contribution in [0.15, 0.2) is 11.0 Å². The highest BCUT2D eigenvalue weighted by Gasteiger charge is 2.11. The van der Waals surface area contributed by atoms with E-state index >= 15 is 0 Å². The standard InChI is InChI=1S/C8H6N4OS/c1-4-3-11-8-12(7(4)13)6(10)5(2-9)14-8/h3H,10H2,1H3. The first-order chi connectivity index (χ1) is 6.65. The molecule has 0 amide bonds. The van der Waals surface area contributed by atoms with Crippen LogP contribution < -0.4 is 11.3 Å². The second-order valence-corrected chi connectivity index (χ2v) is 3.77. The van der Waals surface area contributed by atoms with Crippen molar-refractivity contribution < 1.29 is 0 Å². The van der Waals surface area contributed by atoms with Crippen LogP contribution in [0.5, 0.6) is 0 Å². The maximum Gasteiger partial charge on any atom is 0.263 e. The third kappa shape index (κ3) is 0.995. The number of thiazole rings is 1. The second kappa shape index (κ2) is 2.82. The molecule has 0 aliphatic carbocycles. The Morgan fingerprint density at radius 2 is 2.43 bits per heavy atom. The highest BCUT2D eigenvalue weighted by Crippen LogP contribution is 2.21. The zero-order valence-electron chi connectivity index (χ0n) is 7.31. The Labute approximate surface area is 83.0 Å². The van der Waals surface area contributed by atoms with E-state index in [1.54, 1.807) is 6.92 Å². The van der Waals surface area contributed by atoms with Crippen LogP contribution in [0.1, 0.15) is 10.4 Å². The molecule has 0 unspecified atom stereocenters. The number of nitrogen functional groups attached to an aromatic ring is 1. The zero-order valence-corrected chi connectivity index (χ0v) is 8.13. The number of hydrogen-bond acceptors (Lipinski definition) is 5. The first-order valence-electron chi connectivity index (χ1n) is 3.82. The van der Waals surface area contributed by atoms with Gasteiger partial charge in [0.25, 0.3) is 5.56 Å². The van der Waals surface area contributed by atoms with Crippen molar-refractivity contribution in [2.75, 3.05) is 5.73 Å². The first-order valence-corrected chi connectivity index (χ1v) is 4.63. The van der Waals surface area contributed by atoms with E-state index in [4.69, 9.17) is 11.0 Å². The van der Waals surface area contributed by atoms with Crippen LogP contribution in [-0.2, 0) is 0 Å². The van der Waals surface area contributed by atoms with Crippen molar-refractivity contribution in [1.29, 1.82) is 5.26 Å². The molecule has 0 spiro atoms. The average molecular weight is 206 g/mol. The summed E-state index contributed by atoms with van der Waals surface area (Å²) < 4.78 is 1.26. The van der Waals surface area contributed by atoms with Crippen molar-refractivity contribution in [1.82, 2.24) is 9.38 Å². The van der Waals surface area contributed by atoms with Gasteiger partial charge in [-0.25, -0.2) is 9.38 Å². The number of nitrogens with zero attached hydrogens (tertiary/aromatic N) is 3. The molecule has 14 heavy (non-hydrogen) atoms. The zero-order chi connectivity index (χ0) is 10.3. The Balaban J connectivity index is 3.04. The maximum absolute atomic E-state index is 11.6. The fourth-order valence-electron chi connectivity index (χ4n) is 1.14. The molecule has 0 aliphatic rings. The molecule has 0 saturated heterocycles. The number of nitrogens with two attached hydrogens (primary N) is 1. The SMILES string of the molecule is Cc1cnc2sc(C#N)c(N)n2c1=O. The lowest BCUT2D eigenvalue weighted by Gasteiger charge is -1.95. The highest BCUT2D eigenvalue weighted by atomic mass is 32.1. The van der Waals surface area contributed by atoms with Crippen LogP contribution in [0.25, 0.3) is 4.96 Å². The van der Waals surface area contributed by atoms with Crippen molar-refractivity contribution in [3.8, 4) is 6.07 Å². The predicted molar refractivity (Wildman–Crippen MR) is 53.2 cm³/mol. The molecule has 5 nitrogen and oxygen atoms in total. The molecule has 0 atom stereocenters. The summed E-state index contributed by atoms with van der Waals surface area (Å²) in [5.74, 6) is 0.175. The van der Waals surface area contributed by atoms with E-state index in [-0.39, 0.29) is 11.4 Å². The third-order valence-corrected chi connectivity index (χ3v) is 2.84. The van der Waals surface area contributed by atoms with Crippen LogP contribution in [0.2, 0.25) is 0 Å². The quantitative estimate of drug-likeness (QED) is 0.681. The number of aryl methyl sites for hydroxylation is 1. The van der Waals surface area contributed by atoms with Gasteiger partial charge >= 0.3 is 0 Å². The topological polar surface area (TPSA) is 84.2 Å². The summed E-state index contributed by atoms with van der Waals surface area (Å²) in [5, 5.41) is 8.72. The maximum atomic E-state index is 11.6. The Morgan fingerprint density at radius 1 is 1.71 bits per heavy atom. The largest absolute Gasteiger partial charge is 0.383 e. The summed E-state index contributed by atoms with van der Waals surface area (Å²) in [6.07, 6.45) is 1.48. The van der Waals surface area contributed by atoms with Crippen LogP contribution >= 0.6 is 11.3 Å². The van der Waals surface area contributed by atoms with E-state index in [1.807, 2.05) is 6.07 Å². The van der Waals surface area contributed by atoms with E-state index in [1.165, 1.54) is 10.6 Å². The predicted octanol–water partition coefficient (Wildman–Crippen LogP) is 0.518. The molecule has 2 aromatic heterocycles. The Hall–Kier alpha value is -1.87. The number of nitriles is 1. The lowest BCUT2D eigenvalue weighted by atomic mass is 10.4. The molecule has 2 N–H and O–H groups in total. The molecular weight excluding hydrogens is 200 g/mol. The number of rotatable bonds is 0. The monoisotopic (exact) mass is 206 g/mol. The molecule has 0 fully saturated rings. The molecular formula is C8H6N4OS. The van der Waals surface area contributed by atoms with Gasteiger partial charge in [-0.3, -0.25) is 4.79 Å². The third-order valence-electron chi connectivity index (χ3n) is 1.87. The Kier molecular flexibility index (Phi) is 1.75. The molecule has 0 bridgehead atoms. The summed E-state index contributed by atoms with van der Waals surface area (Å²) in [6, 6.07) is 1.93. The average Bonchev–Trinajstić information content (AvgIpc) is 2.50. The van der Waals surface area contributed by atoms with Crippen molar-refractivity contribution in [2.24, 2.45) is 0 Å². The van der Waals surface area contributed by atoms with Crippen LogP contribution in [0, 0.1) is 18.3 Å². The molecule has 6 heteroatoms. The lowest BCUT2D eigenvalue weighted by Crippen LogP contribution is -2.17. The molecule has 0 aromatic carbocycles. The fourth-order valence-corrected chi connectivity index (χ4v) is 1.94. The molecule has 2 rings (SSSR count). The first kappa shape index (κ1) is 8.72. The van der Waals surface area contributed by atoms with Crippen LogP contribution in [-0.4, -0.2) is 9.38 Å². The van der Waals surface area contributed by atoms with Gasteiger partial charge in [-0.15, -0.1) is 0 Å². The van der Waals surface area contributed by atoms with E-state index in [2.05, 4.69) is 4.98 Å². The van der Waals surface area contributed by atoms with Crippen molar-refractivity contribution in [3.05, 3.63) is 27.0 Å². The summed E-state index contributed by atoms with van der Waals surface area (Å²) in [6.45, 7) is 1.66. The smallest absolute Gasteiger partial charge is 0.263 e. The molecule has 0 saturated carbocycles. The number of hydrogen-bond donors (Lipinski definition) is 1. The summed E-state index contributed by atoms with van der Waals surface area (Å²) >= 11 is 1.11. The van der Waals surface area contributed by atoms with Gasteiger partial charge in [0.1, 0.15) is 16.8 Å². The molecule has 2 aromatic rings. The summed E-state index contributed by atoms with van der Waals surface area (Å²) in [5.41, 5.74) is 5.92. The minimum absolute atomic E-state index is 0.175. The van der Waals surface area contributed by atoms with Gasteiger partial charge < -0.3 is 5.73 Å². The van der Waals surface area contributed by atoms with Crippen molar-refractivity contribution >= 4 is 22.1 Å². The number of fused-ring (bicyclic) bond motifs is 1. The molecule has 2 heterocycles. The van der Waals surface area contributed by atoms with Crippen molar-refractivity contribution in [3.63, 3.8) is 0 Å². The normalized spacial score (nSPS) is 10.3. The minimum Gasteiger partial charge on any atom is -0.383 e. The van der Waals surface area contributed by atoms with Crippen LogP contribution in [0.3, 0.4) is 0 Å². The summed E-state index contributed by atoms with van der Waals surface area (Å²) in [4.78, 5) is 16.4. The highest BCUT2D eigenvalue weighted by molar-refractivity contribution is 7.18. The van der Waals surface area contributed by atoms with Crippen molar-refractivity contribution in [2.45, 2.75) is 6.92 Å². The van der Waals surface area contributed by atoms with E-state index in [0.717, 1.165) is 11.3 Å². The fraction of sp³-hybridized carbons (Fsp3) is 0.125. The molecule has 70 valence electrons. The van der Waals surface area contributed by atoms with Gasteiger partial charge in [0, 0.05) is 11.8 Å². The van der Waals surface area contributed by atoms with Gasteiger partial charge in [0.15, 0.2) is 4.96 Å². The van der Waals surface area contributed by atoms with E-state index in [9.17, 15) is 4.79 Å². The number of aromatic nitrogens is 2. The van der Waals surface area contributed by atoms with Gasteiger partial charge in [0.05, 0.1) is 0 Å². The molecule has 0 radical (unpaired) electrons. The van der Waals surface area contributed by atoms with Gasteiger partial charge in [-0.2, -0.15) is 5.26 Å². The van der Waals surface area contributed by atoms with Gasteiger partial charge in [-0.05, 0) is 6.92 Å².